The Morgan fingerprint density at radius 1 is 1.50 bits per heavy atom. The highest BCUT2D eigenvalue weighted by molar-refractivity contribution is 9.10. The Balaban J connectivity index is 2.46. The lowest BCUT2D eigenvalue weighted by Crippen LogP contribution is -2.27. The molecule has 1 rings (SSSR count). The Labute approximate surface area is 106 Å². The van der Waals surface area contributed by atoms with Gasteiger partial charge in [0.05, 0.1) is 0 Å². The van der Waals surface area contributed by atoms with Crippen LogP contribution in [0.3, 0.4) is 0 Å². The molecule has 0 aliphatic carbocycles. The molecule has 2 unspecified atom stereocenters. The van der Waals surface area contributed by atoms with Gasteiger partial charge in [-0.1, -0.05) is 15.9 Å². The van der Waals surface area contributed by atoms with E-state index in [1.807, 2.05) is 13.0 Å². The smallest absolute Gasteiger partial charge is 0.124 e. The average Bonchev–Trinajstić information content (AvgIpc) is 2.15. The predicted molar refractivity (Wildman–Crippen MR) is 69.3 cm³/mol. The highest BCUT2D eigenvalue weighted by Crippen LogP contribution is 2.14. The number of halogens is 2. The molecule has 0 heterocycles. The molecule has 0 aromatic heterocycles. The third-order valence-corrected chi connectivity index (χ3v) is 4.01. The highest BCUT2D eigenvalue weighted by Gasteiger charge is 2.05. The normalized spacial score (nSPS) is 14.8. The Morgan fingerprint density at radius 2 is 2.19 bits per heavy atom. The zero-order valence-electron chi connectivity index (χ0n) is 9.30. The Morgan fingerprint density at radius 3 is 2.75 bits per heavy atom. The predicted octanol–water partition coefficient (Wildman–Crippen LogP) is 2.44. The third kappa shape index (κ3) is 4.72. The van der Waals surface area contributed by atoms with Crippen LogP contribution in [0.15, 0.2) is 22.7 Å². The van der Waals surface area contributed by atoms with Crippen LogP contribution in [0.25, 0.3) is 0 Å². The van der Waals surface area contributed by atoms with Gasteiger partial charge in [0.2, 0.25) is 0 Å². The van der Waals surface area contributed by atoms with Crippen LogP contribution in [-0.2, 0) is 17.3 Å². The molecule has 0 bridgehead atoms. The van der Waals surface area contributed by atoms with E-state index in [0.717, 1.165) is 10.0 Å². The first-order valence-electron chi connectivity index (χ1n) is 4.97. The molecule has 5 heteroatoms. The van der Waals surface area contributed by atoms with Gasteiger partial charge in [-0.05, 0) is 30.7 Å². The second kappa shape index (κ2) is 6.47. The Bertz CT molecular complexity index is 366. The van der Waals surface area contributed by atoms with Gasteiger partial charge in [0.15, 0.2) is 0 Å². The van der Waals surface area contributed by atoms with E-state index in [9.17, 15) is 8.60 Å². The van der Waals surface area contributed by atoms with Gasteiger partial charge in [0, 0.05) is 39.9 Å². The van der Waals surface area contributed by atoms with Crippen LogP contribution in [0.5, 0.6) is 0 Å². The molecule has 90 valence electrons. The third-order valence-electron chi connectivity index (χ3n) is 2.25. The van der Waals surface area contributed by atoms with Crippen molar-refractivity contribution < 1.29 is 8.60 Å². The monoisotopic (exact) mass is 307 g/mol. The number of nitrogens with one attached hydrogen (secondary N) is 1. The van der Waals surface area contributed by atoms with Crippen LogP contribution >= 0.6 is 15.9 Å². The molecular weight excluding hydrogens is 293 g/mol. The fraction of sp³-hybridized carbons (Fsp3) is 0.455. The molecule has 0 amide bonds. The van der Waals surface area contributed by atoms with E-state index in [1.54, 1.807) is 6.26 Å². The molecule has 0 saturated heterocycles. The molecule has 1 N–H and O–H groups in total. The van der Waals surface area contributed by atoms with Gasteiger partial charge in [-0.25, -0.2) is 4.39 Å². The first kappa shape index (κ1) is 13.8. The molecule has 2 atom stereocenters. The van der Waals surface area contributed by atoms with Gasteiger partial charge in [-0.2, -0.15) is 0 Å². The molecule has 1 aromatic rings. The van der Waals surface area contributed by atoms with E-state index in [4.69, 9.17) is 0 Å². The summed E-state index contributed by atoms with van der Waals surface area (Å²) < 4.78 is 24.9. The van der Waals surface area contributed by atoms with Crippen LogP contribution in [-0.4, -0.2) is 22.3 Å². The summed E-state index contributed by atoms with van der Waals surface area (Å²) in [5, 5.41) is 3.26. The van der Waals surface area contributed by atoms with Crippen molar-refractivity contribution in [2.45, 2.75) is 18.7 Å². The molecule has 0 aliphatic heterocycles. The lowest BCUT2D eigenvalue weighted by Gasteiger charge is -2.10. The van der Waals surface area contributed by atoms with Crippen LogP contribution < -0.4 is 5.32 Å². The quantitative estimate of drug-likeness (QED) is 0.905. The summed E-state index contributed by atoms with van der Waals surface area (Å²) in [5.74, 6) is -0.252. The minimum atomic E-state index is -0.823. The maximum Gasteiger partial charge on any atom is 0.124 e. The minimum absolute atomic E-state index is 0.108. The van der Waals surface area contributed by atoms with Gasteiger partial charge >= 0.3 is 0 Å². The van der Waals surface area contributed by atoms with Gasteiger partial charge in [0.1, 0.15) is 5.82 Å². The van der Waals surface area contributed by atoms with Crippen molar-refractivity contribution in [3.8, 4) is 0 Å². The standard InChI is InChI=1S/C11H15BrFNOS/c1-8(16(2)15)6-14-7-9-3-10(12)5-11(13)4-9/h3-5,8,14H,6-7H2,1-2H3. The lowest BCUT2D eigenvalue weighted by molar-refractivity contribution is 0.616. The molecule has 0 aliphatic rings. The summed E-state index contributed by atoms with van der Waals surface area (Å²) in [5.41, 5.74) is 0.876. The largest absolute Gasteiger partial charge is 0.311 e. The molecule has 0 saturated carbocycles. The molecule has 0 radical (unpaired) electrons. The molecular formula is C11H15BrFNOS. The SMILES string of the molecule is CC(CNCc1cc(F)cc(Br)c1)S(C)=O. The molecule has 1 aromatic carbocycles. The number of hydrogen-bond acceptors (Lipinski definition) is 2. The van der Waals surface area contributed by atoms with Crippen LogP contribution in [0.2, 0.25) is 0 Å². The lowest BCUT2D eigenvalue weighted by atomic mass is 10.2. The topological polar surface area (TPSA) is 29.1 Å². The average molecular weight is 308 g/mol. The van der Waals surface area contributed by atoms with E-state index in [2.05, 4.69) is 21.2 Å². The van der Waals surface area contributed by atoms with Crippen molar-refractivity contribution >= 4 is 26.7 Å². The zero-order chi connectivity index (χ0) is 12.1. The molecule has 16 heavy (non-hydrogen) atoms. The van der Waals surface area contributed by atoms with Crippen molar-refractivity contribution in [3.05, 3.63) is 34.1 Å². The van der Waals surface area contributed by atoms with Gasteiger partial charge in [-0.15, -0.1) is 0 Å². The second-order valence-electron chi connectivity index (χ2n) is 3.72. The van der Waals surface area contributed by atoms with Crippen LogP contribution in [0.1, 0.15) is 12.5 Å². The van der Waals surface area contributed by atoms with Crippen LogP contribution in [0.4, 0.5) is 4.39 Å². The van der Waals surface area contributed by atoms with Gasteiger partial charge in [0.25, 0.3) is 0 Å². The van der Waals surface area contributed by atoms with E-state index in [0.29, 0.717) is 13.1 Å². The van der Waals surface area contributed by atoms with E-state index >= 15 is 0 Å². The summed E-state index contributed by atoms with van der Waals surface area (Å²) in [6.45, 7) is 3.17. The molecule has 0 fully saturated rings. The first-order valence-corrected chi connectivity index (χ1v) is 7.38. The van der Waals surface area contributed by atoms with Crippen molar-refractivity contribution in [1.29, 1.82) is 0 Å². The Kier molecular flexibility index (Phi) is 5.58. The summed E-state index contributed by atoms with van der Waals surface area (Å²) in [6, 6.07) is 4.78. The Hall–Kier alpha value is -0.260. The summed E-state index contributed by atoms with van der Waals surface area (Å²) >= 11 is 3.24. The highest BCUT2D eigenvalue weighted by atomic mass is 79.9. The van der Waals surface area contributed by atoms with E-state index < -0.39 is 10.8 Å². The van der Waals surface area contributed by atoms with E-state index in [1.165, 1.54) is 12.1 Å². The second-order valence-corrected chi connectivity index (χ2v) is 6.44. The maximum atomic E-state index is 13.0. The summed E-state index contributed by atoms with van der Waals surface area (Å²) in [6.07, 6.45) is 1.69. The van der Waals surface area contributed by atoms with Crippen molar-refractivity contribution in [1.82, 2.24) is 5.32 Å². The number of hydrogen-bond donors (Lipinski definition) is 1. The van der Waals surface area contributed by atoms with Crippen molar-refractivity contribution in [2.75, 3.05) is 12.8 Å². The molecule has 0 spiro atoms. The summed E-state index contributed by atoms with van der Waals surface area (Å²) in [7, 11) is -0.823. The minimum Gasteiger partial charge on any atom is -0.311 e. The fourth-order valence-electron chi connectivity index (χ4n) is 1.25. The number of rotatable bonds is 5. The zero-order valence-corrected chi connectivity index (χ0v) is 11.7. The van der Waals surface area contributed by atoms with Gasteiger partial charge < -0.3 is 5.32 Å². The maximum absolute atomic E-state index is 13.0. The summed E-state index contributed by atoms with van der Waals surface area (Å²) in [4.78, 5) is 0. The van der Waals surface area contributed by atoms with Crippen molar-refractivity contribution in [3.63, 3.8) is 0 Å². The van der Waals surface area contributed by atoms with Gasteiger partial charge in [-0.3, -0.25) is 4.21 Å². The first-order chi connectivity index (χ1) is 7.49. The number of benzene rings is 1. The fourth-order valence-corrected chi connectivity index (χ4v) is 2.12. The van der Waals surface area contributed by atoms with Crippen LogP contribution in [0, 0.1) is 5.82 Å². The van der Waals surface area contributed by atoms with E-state index in [-0.39, 0.29) is 11.1 Å². The van der Waals surface area contributed by atoms with Crippen molar-refractivity contribution in [2.24, 2.45) is 0 Å². The molecule has 2 nitrogen and oxygen atoms in total.